The van der Waals surface area contributed by atoms with Crippen LogP contribution in [0.15, 0.2) is 18.5 Å². The maximum Gasteiger partial charge on any atom is 0.508 e. The summed E-state index contributed by atoms with van der Waals surface area (Å²) in [7, 11) is 0. The minimum Gasteiger partial charge on any atom is -0.454 e. The van der Waals surface area contributed by atoms with E-state index in [1.165, 1.54) is 23.2 Å². The smallest absolute Gasteiger partial charge is 0.454 e. The van der Waals surface area contributed by atoms with Gasteiger partial charge in [0.2, 0.25) is 0 Å². The van der Waals surface area contributed by atoms with E-state index in [-0.39, 0.29) is 11.5 Å². The number of aromatic nitrogens is 3. The first-order valence-electron chi connectivity index (χ1n) is 9.44. The molecular formula is C19H23N5O8. The highest BCUT2D eigenvalue weighted by atomic mass is 16.7. The number of carbonyl (C=O) groups is 3. The van der Waals surface area contributed by atoms with Gasteiger partial charge in [-0.15, -0.1) is 0 Å². The Bertz CT molecular complexity index is 1010. The van der Waals surface area contributed by atoms with Crippen molar-refractivity contribution in [1.29, 1.82) is 5.26 Å². The van der Waals surface area contributed by atoms with Crippen LogP contribution < -0.4 is 5.73 Å². The Morgan fingerprint density at radius 2 is 1.84 bits per heavy atom. The van der Waals surface area contributed by atoms with Gasteiger partial charge in [0.1, 0.15) is 18.5 Å². The molecule has 2 aromatic heterocycles. The van der Waals surface area contributed by atoms with Gasteiger partial charge in [0.25, 0.3) is 6.26 Å². The van der Waals surface area contributed by atoms with Crippen molar-refractivity contribution < 1.29 is 38.1 Å². The van der Waals surface area contributed by atoms with Crippen LogP contribution in [-0.4, -0.2) is 57.6 Å². The number of ether oxygens (including phenoxy) is 5. The lowest BCUT2D eigenvalue weighted by Gasteiger charge is -2.30. The lowest BCUT2D eigenvalue weighted by Crippen LogP contribution is -2.42. The van der Waals surface area contributed by atoms with Gasteiger partial charge in [0.05, 0.1) is 11.8 Å². The van der Waals surface area contributed by atoms with Gasteiger partial charge in [-0.3, -0.25) is 9.59 Å². The average Bonchev–Trinajstić information content (AvgIpc) is 3.12. The normalized spacial score (nSPS) is 13.5. The fraction of sp³-hybridized carbons (Fsp3) is 0.474. The first kappa shape index (κ1) is 24.2. The zero-order valence-corrected chi connectivity index (χ0v) is 17.9. The standard InChI is InChI=1S/C19H23N5O8/c1-10(2)30-19(27)28-7-15(29-8-20)17(32-12(4)26)16(31-11(3)25)13-5-6-14-18(21)22-9-23-24(13)14/h5-6,9-10,15-17H,7H2,1-4H3,(H2,21,22,23)/t15-,16+,17-/m1/s1. The van der Waals surface area contributed by atoms with Crippen molar-refractivity contribution in [1.82, 2.24) is 14.6 Å². The highest BCUT2D eigenvalue weighted by Crippen LogP contribution is 2.30. The van der Waals surface area contributed by atoms with E-state index in [1.807, 2.05) is 0 Å². The molecule has 0 radical (unpaired) electrons. The molecule has 0 aliphatic carbocycles. The Labute approximate surface area is 182 Å². The van der Waals surface area contributed by atoms with Crippen LogP contribution in [0.1, 0.15) is 39.5 Å². The van der Waals surface area contributed by atoms with E-state index in [9.17, 15) is 14.4 Å². The van der Waals surface area contributed by atoms with Crippen LogP contribution in [0.4, 0.5) is 10.6 Å². The summed E-state index contributed by atoms with van der Waals surface area (Å²) >= 11 is 0. The topological polar surface area (TPSA) is 177 Å². The van der Waals surface area contributed by atoms with Crippen LogP contribution in [-0.2, 0) is 33.3 Å². The number of esters is 2. The van der Waals surface area contributed by atoms with Crippen LogP contribution >= 0.6 is 0 Å². The maximum absolute atomic E-state index is 11.9. The Morgan fingerprint density at radius 3 is 2.44 bits per heavy atom. The van der Waals surface area contributed by atoms with Crippen LogP contribution in [0.5, 0.6) is 0 Å². The summed E-state index contributed by atoms with van der Waals surface area (Å²) in [5.41, 5.74) is 6.49. The molecule has 0 unspecified atom stereocenters. The first-order valence-corrected chi connectivity index (χ1v) is 9.44. The van der Waals surface area contributed by atoms with Crippen molar-refractivity contribution in [2.24, 2.45) is 0 Å². The quantitative estimate of drug-likeness (QED) is 0.330. The highest BCUT2D eigenvalue weighted by Gasteiger charge is 2.40. The molecule has 2 rings (SSSR count). The van der Waals surface area contributed by atoms with Crippen LogP contribution in [0, 0.1) is 11.5 Å². The van der Waals surface area contributed by atoms with E-state index in [2.05, 4.69) is 10.1 Å². The molecule has 0 saturated carbocycles. The fourth-order valence-electron chi connectivity index (χ4n) is 2.83. The molecule has 32 heavy (non-hydrogen) atoms. The molecule has 2 N–H and O–H groups in total. The van der Waals surface area contributed by atoms with Gasteiger partial charge in [-0.05, 0) is 26.0 Å². The van der Waals surface area contributed by atoms with Crippen molar-refractivity contribution in [2.45, 2.75) is 52.1 Å². The Balaban J connectivity index is 2.47. The van der Waals surface area contributed by atoms with Crippen molar-refractivity contribution >= 4 is 29.4 Å². The highest BCUT2D eigenvalue weighted by molar-refractivity contribution is 5.69. The number of fused-ring (bicyclic) bond motifs is 1. The number of hydrogen-bond donors (Lipinski definition) is 1. The van der Waals surface area contributed by atoms with Crippen molar-refractivity contribution in [3.8, 4) is 6.26 Å². The number of nitriles is 1. The minimum atomic E-state index is -1.41. The molecule has 13 heteroatoms. The number of carbonyl (C=O) groups excluding carboxylic acids is 3. The van der Waals surface area contributed by atoms with Gasteiger partial charge in [0, 0.05) is 13.8 Å². The van der Waals surface area contributed by atoms with Gasteiger partial charge in [0.15, 0.2) is 24.1 Å². The summed E-state index contributed by atoms with van der Waals surface area (Å²) in [4.78, 5) is 39.4. The Kier molecular flexibility index (Phi) is 8.17. The lowest BCUT2D eigenvalue weighted by molar-refractivity contribution is -0.178. The summed E-state index contributed by atoms with van der Waals surface area (Å²) in [5.74, 6) is -1.33. The second kappa shape index (κ2) is 10.8. The molecule has 0 spiro atoms. The predicted octanol–water partition coefficient (Wildman–Crippen LogP) is 1.28. The van der Waals surface area contributed by atoms with Gasteiger partial charge >= 0.3 is 18.1 Å². The van der Waals surface area contributed by atoms with E-state index in [1.54, 1.807) is 19.9 Å². The number of anilines is 1. The third kappa shape index (κ3) is 6.21. The number of nitrogens with zero attached hydrogens (tertiary/aromatic N) is 4. The van der Waals surface area contributed by atoms with E-state index >= 15 is 0 Å². The third-order valence-electron chi connectivity index (χ3n) is 3.96. The fourth-order valence-corrected chi connectivity index (χ4v) is 2.83. The first-order chi connectivity index (χ1) is 15.1. The SMILES string of the molecule is CC(=O)O[C@H]([C@@H](COC(=O)OC(C)C)OC#N)[C@@H](OC(C)=O)c1ccc2c(N)ncnn12. The van der Waals surface area contributed by atoms with Gasteiger partial charge < -0.3 is 29.4 Å². The monoisotopic (exact) mass is 449 g/mol. The molecule has 0 amide bonds. The number of hydrogen-bond acceptors (Lipinski definition) is 12. The number of nitrogens with two attached hydrogens (primary N) is 1. The largest absolute Gasteiger partial charge is 0.508 e. The summed E-state index contributed by atoms with van der Waals surface area (Å²) in [6.07, 6.45) is -2.88. The minimum absolute atomic E-state index is 0.154. The molecule has 2 heterocycles. The van der Waals surface area contributed by atoms with E-state index < -0.39 is 49.1 Å². The van der Waals surface area contributed by atoms with Crippen molar-refractivity contribution in [3.63, 3.8) is 0 Å². The average molecular weight is 449 g/mol. The molecule has 0 aromatic carbocycles. The summed E-state index contributed by atoms with van der Waals surface area (Å²) in [6.45, 7) is 4.96. The van der Waals surface area contributed by atoms with Crippen LogP contribution in [0.3, 0.4) is 0 Å². The number of nitrogen functional groups attached to an aromatic ring is 1. The molecule has 0 bridgehead atoms. The zero-order chi connectivity index (χ0) is 23.8. The summed E-state index contributed by atoms with van der Waals surface area (Å²) < 4.78 is 26.9. The zero-order valence-electron chi connectivity index (χ0n) is 17.9. The molecule has 0 aliphatic heterocycles. The van der Waals surface area contributed by atoms with Crippen molar-refractivity contribution in [2.75, 3.05) is 12.3 Å². The van der Waals surface area contributed by atoms with E-state index in [4.69, 9.17) is 34.7 Å². The van der Waals surface area contributed by atoms with Gasteiger partial charge in [-0.1, -0.05) is 0 Å². The molecular weight excluding hydrogens is 426 g/mol. The summed E-state index contributed by atoms with van der Waals surface area (Å²) in [6, 6.07) is 3.10. The molecule has 3 atom stereocenters. The Hall–Kier alpha value is -4.08. The van der Waals surface area contributed by atoms with E-state index in [0.717, 1.165) is 13.8 Å². The van der Waals surface area contributed by atoms with Gasteiger partial charge in [-0.25, -0.2) is 14.3 Å². The van der Waals surface area contributed by atoms with E-state index in [0.29, 0.717) is 5.52 Å². The van der Waals surface area contributed by atoms with Crippen molar-refractivity contribution in [3.05, 3.63) is 24.2 Å². The molecule has 172 valence electrons. The molecule has 0 aliphatic rings. The predicted molar refractivity (Wildman–Crippen MR) is 106 cm³/mol. The second-order valence-electron chi connectivity index (χ2n) is 6.78. The second-order valence-corrected chi connectivity index (χ2v) is 6.78. The van der Waals surface area contributed by atoms with Gasteiger partial charge in [-0.2, -0.15) is 10.4 Å². The third-order valence-corrected chi connectivity index (χ3v) is 3.96. The molecule has 0 fully saturated rings. The summed E-state index contributed by atoms with van der Waals surface area (Å²) in [5, 5.41) is 13.2. The molecule has 2 aromatic rings. The molecule has 0 saturated heterocycles. The molecule has 13 nitrogen and oxygen atoms in total. The van der Waals surface area contributed by atoms with Crippen LogP contribution in [0.25, 0.3) is 5.52 Å². The lowest BCUT2D eigenvalue weighted by atomic mass is 10.0. The Morgan fingerprint density at radius 1 is 1.16 bits per heavy atom. The maximum atomic E-state index is 11.9. The van der Waals surface area contributed by atoms with Crippen LogP contribution in [0.2, 0.25) is 0 Å². The number of rotatable bonds is 9.